The maximum absolute atomic E-state index is 13.4. The van der Waals surface area contributed by atoms with Crippen LogP contribution in [0.4, 0.5) is 10.5 Å². The molecule has 1 aromatic carbocycles. The van der Waals surface area contributed by atoms with Gasteiger partial charge in [0.1, 0.15) is 17.8 Å². The predicted octanol–water partition coefficient (Wildman–Crippen LogP) is 1.21. The van der Waals surface area contributed by atoms with Gasteiger partial charge >= 0.3 is 6.03 Å². The van der Waals surface area contributed by atoms with Crippen LogP contribution in [0.2, 0.25) is 0 Å². The molecular weight excluding hydrogens is 400 g/mol. The number of aromatic nitrogens is 1. The van der Waals surface area contributed by atoms with E-state index >= 15 is 0 Å². The maximum atomic E-state index is 13.4. The van der Waals surface area contributed by atoms with Gasteiger partial charge in [0.05, 0.1) is 30.5 Å². The minimum absolute atomic E-state index is 0.0929. The van der Waals surface area contributed by atoms with Gasteiger partial charge in [-0.05, 0) is 18.6 Å². The number of thiocarbonyl (C=S) groups is 1. The van der Waals surface area contributed by atoms with E-state index in [1.54, 1.807) is 29.2 Å². The van der Waals surface area contributed by atoms with Crippen molar-refractivity contribution < 1.29 is 9.59 Å². The summed E-state index contributed by atoms with van der Waals surface area (Å²) >= 11 is 5.44. The molecule has 1 aromatic heterocycles. The molecule has 3 aliphatic rings. The van der Waals surface area contributed by atoms with Crippen molar-refractivity contribution in [1.82, 2.24) is 20.1 Å². The van der Waals surface area contributed by atoms with Crippen LogP contribution in [0, 0.1) is 23.7 Å². The fraction of sp³-hybridized carbons (Fsp3) is 0.286. The zero-order valence-corrected chi connectivity index (χ0v) is 16.6. The van der Waals surface area contributed by atoms with E-state index < -0.39 is 6.04 Å². The van der Waals surface area contributed by atoms with Gasteiger partial charge in [-0.1, -0.05) is 30.2 Å². The number of carbonyl (C=O) groups excluding carboxylic acids is 2. The van der Waals surface area contributed by atoms with Crippen LogP contribution >= 0.6 is 12.2 Å². The third kappa shape index (κ3) is 2.39. The van der Waals surface area contributed by atoms with Crippen molar-refractivity contribution in [3.8, 4) is 18.4 Å². The lowest BCUT2D eigenvalue weighted by molar-refractivity contribution is -0.120. The Bertz CT molecular complexity index is 1200. The Labute approximate surface area is 178 Å². The Hall–Kier alpha value is -3.69. The first-order valence-corrected chi connectivity index (χ1v) is 9.89. The summed E-state index contributed by atoms with van der Waals surface area (Å²) in [5.41, 5.74) is 0.651. The molecule has 0 saturated carbocycles. The summed E-state index contributed by atoms with van der Waals surface area (Å²) in [7, 11) is 0. The number of carbonyl (C=O) groups is 2. The number of likely N-dealkylation sites (tertiary alicyclic amines) is 1. The number of nitriles is 1. The van der Waals surface area contributed by atoms with Crippen molar-refractivity contribution in [2.75, 3.05) is 18.0 Å². The van der Waals surface area contributed by atoms with Crippen molar-refractivity contribution in [1.29, 1.82) is 5.26 Å². The van der Waals surface area contributed by atoms with Gasteiger partial charge < -0.3 is 15.1 Å². The SMILES string of the molecule is C#CCNC(=S)N1C[C@@H]2C[C@H]1[C@H]1C(=O)N(c3cnc(C#N)c4ccccc34)C(=O)N21. The van der Waals surface area contributed by atoms with Gasteiger partial charge in [0.15, 0.2) is 5.11 Å². The first-order chi connectivity index (χ1) is 14.6. The van der Waals surface area contributed by atoms with E-state index in [1.165, 1.54) is 11.1 Å². The third-order valence-corrected chi connectivity index (χ3v) is 6.37. The number of imide groups is 1. The maximum Gasteiger partial charge on any atom is 0.332 e. The number of anilines is 1. The molecule has 2 bridgehead atoms. The summed E-state index contributed by atoms with van der Waals surface area (Å²) in [4.78, 5) is 35.7. The molecule has 9 heteroatoms. The molecule has 30 heavy (non-hydrogen) atoms. The van der Waals surface area contributed by atoms with E-state index in [4.69, 9.17) is 18.6 Å². The first-order valence-electron chi connectivity index (χ1n) is 9.49. The Kier molecular flexibility index (Phi) is 4.09. The van der Waals surface area contributed by atoms with Crippen molar-refractivity contribution in [2.45, 2.75) is 24.5 Å². The number of fused-ring (bicyclic) bond motifs is 6. The van der Waals surface area contributed by atoms with E-state index in [-0.39, 0.29) is 29.7 Å². The summed E-state index contributed by atoms with van der Waals surface area (Å²) in [5.74, 6) is 2.19. The van der Waals surface area contributed by atoms with Gasteiger partial charge in [-0.25, -0.2) is 14.7 Å². The lowest BCUT2D eigenvalue weighted by atomic mass is 10.1. The molecule has 3 amide bonds. The van der Waals surface area contributed by atoms with Gasteiger partial charge in [0.25, 0.3) is 5.91 Å². The number of pyridine rings is 1. The lowest BCUT2D eigenvalue weighted by Crippen LogP contribution is -2.56. The van der Waals surface area contributed by atoms with Crippen LogP contribution in [0.25, 0.3) is 10.8 Å². The normalized spacial score (nSPS) is 24.2. The lowest BCUT2D eigenvalue weighted by Gasteiger charge is -2.36. The van der Waals surface area contributed by atoms with Gasteiger partial charge in [0.2, 0.25) is 0 Å². The minimum Gasteiger partial charge on any atom is -0.352 e. The fourth-order valence-electron chi connectivity index (χ4n) is 4.79. The molecule has 0 radical (unpaired) electrons. The molecule has 0 unspecified atom stereocenters. The topological polar surface area (TPSA) is 92.6 Å². The quantitative estimate of drug-likeness (QED) is 0.447. The zero-order valence-electron chi connectivity index (χ0n) is 15.8. The van der Waals surface area contributed by atoms with Crippen LogP contribution in [0.1, 0.15) is 12.1 Å². The highest BCUT2D eigenvalue weighted by molar-refractivity contribution is 7.80. The Morgan fingerprint density at radius 3 is 2.83 bits per heavy atom. The van der Waals surface area contributed by atoms with E-state index in [0.717, 1.165) is 0 Å². The van der Waals surface area contributed by atoms with Crippen LogP contribution in [-0.4, -0.2) is 63.0 Å². The van der Waals surface area contributed by atoms with E-state index in [1.807, 2.05) is 4.90 Å². The molecule has 8 nitrogen and oxygen atoms in total. The highest BCUT2D eigenvalue weighted by Gasteiger charge is 2.62. The smallest absolute Gasteiger partial charge is 0.332 e. The number of rotatable bonds is 2. The molecule has 1 N–H and O–H groups in total. The summed E-state index contributed by atoms with van der Waals surface area (Å²) in [6, 6.07) is 7.98. The van der Waals surface area contributed by atoms with Crippen LogP contribution in [0.15, 0.2) is 30.5 Å². The number of urea groups is 1. The third-order valence-electron chi connectivity index (χ3n) is 5.99. The largest absolute Gasteiger partial charge is 0.352 e. The number of terminal acetylenes is 1. The Balaban J connectivity index is 1.52. The summed E-state index contributed by atoms with van der Waals surface area (Å²) < 4.78 is 0. The van der Waals surface area contributed by atoms with Gasteiger partial charge in [-0.3, -0.25) is 4.79 Å². The van der Waals surface area contributed by atoms with Crippen LogP contribution in [-0.2, 0) is 4.79 Å². The Morgan fingerprint density at radius 1 is 1.33 bits per heavy atom. The number of benzene rings is 1. The molecular formula is C21H16N6O2S. The van der Waals surface area contributed by atoms with Crippen molar-refractivity contribution in [3.63, 3.8) is 0 Å². The monoisotopic (exact) mass is 416 g/mol. The second-order valence-corrected chi connectivity index (χ2v) is 7.82. The average molecular weight is 416 g/mol. The molecule has 0 spiro atoms. The van der Waals surface area contributed by atoms with Gasteiger partial charge in [-0.15, -0.1) is 6.42 Å². The second kappa shape index (κ2) is 6.68. The second-order valence-electron chi connectivity index (χ2n) is 7.43. The van der Waals surface area contributed by atoms with Crippen molar-refractivity contribution in [3.05, 3.63) is 36.2 Å². The number of hydrogen-bond donors (Lipinski definition) is 1. The molecule has 148 valence electrons. The van der Waals surface area contributed by atoms with Crippen molar-refractivity contribution >= 4 is 45.7 Å². The van der Waals surface area contributed by atoms with Crippen molar-refractivity contribution in [2.24, 2.45) is 0 Å². The molecule has 0 aliphatic carbocycles. The minimum atomic E-state index is -0.601. The van der Waals surface area contributed by atoms with Crippen LogP contribution in [0.3, 0.4) is 0 Å². The highest BCUT2D eigenvalue weighted by Crippen LogP contribution is 2.43. The van der Waals surface area contributed by atoms with Gasteiger partial charge in [-0.2, -0.15) is 5.26 Å². The molecule has 4 heterocycles. The first kappa shape index (κ1) is 18.3. The molecule has 3 fully saturated rings. The van der Waals surface area contributed by atoms with E-state index in [9.17, 15) is 14.9 Å². The zero-order chi connectivity index (χ0) is 21.0. The predicted molar refractivity (Wildman–Crippen MR) is 113 cm³/mol. The molecule has 3 atom stereocenters. The number of piperazine rings is 1. The summed E-state index contributed by atoms with van der Waals surface area (Å²) in [6.07, 6.45) is 7.42. The molecule has 5 rings (SSSR count). The molecule has 3 saturated heterocycles. The van der Waals surface area contributed by atoms with E-state index in [2.05, 4.69) is 22.3 Å². The van der Waals surface area contributed by atoms with Gasteiger partial charge in [0, 0.05) is 17.3 Å². The molecule has 3 aliphatic heterocycles. The fourth-order valence-corrected chi connectivity index (χ4v) is 5.07. The summed E-state index contributed by atoms with van der Waals surface area (Å²) in [5, 5.41) is 14.1. The highest BCUT2D eigenvalue weighted by atomic mass is 32.1. The van der Waals surface area contributed by atoms with E-state index in [0.29, 0.717) is 41.1 Å². The molecule has 2 aromatic rings. The van der Waals surface area contributed by atoms with Crippen LogP contribution in [0.5, 0.6) is 0 Å². The number of amides is 3. The number of nitrogens with one attached hydrogen (secondary N) is 1. The number of nitrogens with zero attached hydrogens (tertiary/aromatic N) is 5. The average Bonchev–Trinajstić information content (AvgIpc) is 3.43. The summed E-state index contributed by atoms with van der Waals surface area (Å²) in [6.45, 7) is 0.875. The standard InChI is InChI=1S/C21H16N6O2S/c1-2-7-23-20(30)25-11-12-8-16(25)18-19(28)27(21(29)26(12)18)17-10-24-15(9-22)13-5-3-4-6-14(13)17/h1,3-6,10,12,16,18H,7-8,11H2,(H,23,30)/t12-,16-,18-/m0/s1. The number of hydrogen-bond acceptors (Lipinski definition) is 5. The Morgan fingerprint density at radius 2 is 2.10 bits per heavy atom. The van der Waals surface area contributed by atoms with Crippen LogP contribution < -0.4 is 10.2 Å².